The number of aryl methyl sites for hydroxylation is 1. The monoisotopic (exact) mass is 423 g/mol. The summed E-state index contributed by atoms with van der Waals surface area (Å²) in [5, 5.41) is 16.1. The van der Waals surface area contributed by atoms with Gasteiger partial charge in [-0.05, 0) is 69.7 Å². The number of carbonyl (C=O) groups excluding carboxylic acids is 1. The van der Waals surface area contributed by atoms with Gasteiger partial charge in [0.15, 0.2) is 0 Å². The Balaban J connectivity index is 1.96. The molecule has 0 fully saturated rings. The fraction of sp³-hybridized carbons (Fsp3) is 0.261. The van der Waals surface area contributed by atoms with E-state index in [1.165, 1.54) is 35.4 Å². The van der Waals surface area contributed by atoms with Crippen LogP contribution in [0.15, 0.2) is 60.8 Å². The van der Waals surface area contributed by atoms with E-state index in [9.17, 15) is 14.3 Å². The van der Waals surface area contributed by atoms with Crippen LogP contribution in [0.3, 0.4) is 0 Å². The normalized spacial score (nSPS) is 12.2. The number of benzene rings is 2. The van der Waals surface area contributed by atoms with Crippen molar-refractivity contribution < 1.29 is 14.3 Å². The highest BCUT2D eigenvalue weighted by Crippen LogP contribution is 2.26. The number of hydrogen-bond acceptors (Lipinski definition) is 5. The van der Waals surface area contributed by atoms with E-state index in [1.54, 1.807) is 32.9 Å². The highest BCUT2D eigenvalue weighted by molar-refractivity contribution is 6.06. The number of nitrogens with one attached hydrogen (secondary N) is 2. The summed E-state index contributed by atoms with van der Waals surface area (Å²) < 4.78 is 13.5. The van der Waals surface area contributed by atoms with Gasteiger partial charge in [-0.2, -0.15) is 4.98 Å². The smallest absolute Gasteiger partial charge is 0.332 e. The van der Waals surface area contributed by atoms with Gasteiger partial charge in [-0.1, -0.05) is 12.1 Å². The lowest BCUT2D eigenvalue weighted by atomic mass is 10.0. The Bertz CT molecular complexity index is 1050. The van der Waals surface area contributed by atoms with E-state index in [4.69, 9.17) is 0 Å². The molecule has 2 aromatic carbocycles. The molecule has 0 saturated carbocycles. The Morgan fingerprint density at radius 1 is 1.16 bits per heavy atom. The zero-order chi connectivity index (χ0) is 22.6. The Hall–Kier alpha value is -3.52. The van der Waals surface area contributed by atoms with E-state index in [-0.39, 0.29) is 17.8 Å². The third kappa shape index (κ3) is 5.76. The maximum Gasteiger partial charge on any atom is 0.332 e. The minimum absolute atomic E-state index is 0.252. The van der Waals surface area contributed by atoms with Crippen molar-refractivity contribution in [1.82, 2.24) is 9.97 Å². The van der Waals surface area contributed by atoms with E-state index in [0.717, 1.165) is 5.56 Å². The number of halogens is 1. The first-order valence-electron chi connectivity index (χ1n) is 9.89. The van der Waals surface area contributed by atoms with Gasteiger partial charge in [0.25, 0.3) is 0 Å². The second kappa shape index (κ2) is 9.09. The lowest BCUT2D eigenvalue weighted by Crippen LogP contribution is -2.40. The van der Waals surface area contributed by atoms with Crippen molar-refractivity contribution in [2.75, 3.05) is 15.5 Å². The van der Waals surface area contributed by atoms with E-state index >= 15 is 0 Å². The Morgan fingerprint density at radius 3 is 2.52 bits per heavy atom. The molecule has 1 atom stereocenters. The average molecular weight is 423 g/mol. The molecule has 7 nitrogen and oxygen atoms in total. The lowest BCUT2D eigenvalue weighted by molar-refractivity contribution is 0.0646. The molecule has 0 saturated heterocycles. The van der Waals surface area contributed by atoms with E-state index in [1.807, 2.05) is 25.1 Å². The van der Waals surface area contributed by atoms with Crippen LogP contribution in [0.5, 0.6) is 0 Å². The van der Waals surface area contributed by atoms with Gasteiger partial charge in [-0.15, -0.1) is 0 Å². The molecule has 0 spiro atoms. The quantitative estimate of drug-likeness (QED) is 0.526. The first-order valence-corrected chi connectivity index (χ1v) is 9.89. The van der Waals surface area contributed by atoms with Crippen LogP contribution in [0.25, 0.3) is 0 Å². The summed E-state index contributed by atoms with van der Waals surface area (Å²) in [6, 6.07) is 13.7. The molecule has 3 aromatic rings. The molecule has 3 N–H and O–H groups in total. The van der Waals surface area contributed by atoms with Crippen LogP contribution in [0.1, 0.15) is 26.3 Å². The topological polar surface area (TPSA) is 90.4 Å². The molecule has 3 rings (SSSR count). The third-order valence-corrected chi connectivity index (χ3v) is 4.83. The fourth-order valence-electron chi connectivity index (χ4n) is 2.76. The number of nitrogens with zero attached hydrogens (tertiary/aromatic N) is 3. The van der Waals surface area contributed by atoms with Gasteiger partial charge in [-0.25, -0.2) is 19.1 Å². The SMILES string of the molecule is Cc1cccc(NC(=O)N(c2ccc(F)cc2)c2ccnc(N[C@@H](C)C(C)(C)O)n2)c1. The van der Waals surface area contributed by atoms with Crippen LogP contribution < -0.4 is 15.5 Å². The van der Waals surface area contributed by atoms with Gasteiger partial charge < -0.3 is 15.7 Å². The number of aromatic nitrogens is 2. The van der Waals surface area contributed by atoms with Crippen LogP contribution in [-0.4, -0.2) is 32.7 Å². The first-order chi connectivity index (χ1) is 14.6. The molecular weight excluding hydrogens is 397 g/mol. The maximum absolute atomic E-state index is 13.5. The number of urea groups is 1. The van der Waals surface area contributed by atoms with Crippen molar-refractivity contribution in [2.45, 2.75) is 39.3 Å². The van der Waals surface area contributed by atoms with Crippen molar-refractivity contribution in [3.05, 3.63) is 72.2 Å². The molecule has 0 radical (unpaired) electrons. The zero-order valence-corrected chi connectivity index (χ0v) is 17.9. The Labute approximate surface area is 181 Å². The number of hydrogen-bond donors (Lipinski definition) is 3. The molecule has 0 aliphatic carbocycles. The minimum Gasteiger partial charge on any atom is -0.388 e. The van der Waals surface area contributed by atoms with Crippen LogP contribution in [0.2, 0.25) is 0 Å². The van der Waals surface area contributed by atoms with Gasteiger partial charge in [0, 0.05) is 18.0 Å². The van der Waals surface area contributed by atoms with Crippen molar-refractivity contribution in [1.29, 1.82) is 0 Å². The molecule has 31 heavy (non-hydrogen) atoms. The minimum atomic E-state index is -1.00. The number of carbonyl (C=O) groups is 1. The summed E-state index contributed by atoms with van der Waals surface area (Å²) in [5.41, 5.74) is 1.06. The largest absolute Gasteiger partial charge is 0.388 e. The van der Waals surface area contributed by atoms with Crippen LogP contribution in [0.4, 0.5) is 32.3 Å². The van der Waals surface area contributed by atoms with Crippen LogP contribution in [0, 0.1) is 12.7 Å². The second-order valence-electron chi connectivity index (χ2n) is 7.87. The molecule has 1 aromatic heterocycles. The average Bonchev–Trinajstić information content (AvgIpc) is 2.69. The second-order valence-corrected chi connectivity index (χ2v) is 7.87. The zero-order valence-electron chi connectivity index (χ0n) is 17.9. The standard InChI is InChI=1S/C23H26FN5O2/c1-15-6-5-7-18(14-15)27-22(30)29(19-10-8-17(24)9-11-19)20-12-13-25-21(28-20)26-16(2)23(3,4)31/h5-14,16,31H,1-4H3,(H,27,30)(H,25,26,28)/t16-/m0/s1. The summed E-state index contributed by atoms with van der Waals surface area (Å²) in [6.07, 6.45) is 1.51. The van der Waals surface area contributed by atoms with Crippen molar-refractivity contribution >= 4 is 29.2 Å². The molecule has 8 heteroatoms. The molecule has 0 unspecified atom stereocenters. The molecular formula is C23H26FN5O2. The fourth-order valence-corrected chi connectivity index (χ4v) is 2.76. The molecule has 0 aliphatic rings. The highest BCUT2D eigenvalue weighted by atomic mass is 19.1. The lowest BCUT2D eigenvalue weighted by Gasteiger charge is -2.27. The predicted molar refractivity (Wildman–Crippen MR) is 120 cm³/mol. The molecule has 2 amide bonds. The number of aliphatic hydroxyl groups is 1. The summed E-state index contributed by atoms with van der Waals surface area (Å²) in [6.45, 7) is 7.08. The van der Waals surface area contributed by atoms with Gasteiger partial charge in [0.2, 0.25) is 5.95 Å². The van der Waals surface area contributed by atoms with Gasteiger partial charge in [0.1, 0.15) is 11.6 Å². The summed E-state index contributed by atoms with van der Waals surface area (Å²) in [7, 11) is 0. The predicted octanol–water partition coefficient (Wildman–Crippen LogP) is 4.87. The summed E-state index contributed by atoms with van der Waals surface area (Å²) in [5.74, 6) is 0.131. The van der Waals surface area contributed by atoms with Crippen molar-refractivity contribution in [2.24, 2.45) is 0 Å². The number of rotatable bonds is 6. The maximum atomic E-state index is 13.5. The van der Waals surface area contributed by atoms with Gasteiger partial charge in [-0.3, -0.25) is 0 Å². The third-order valence-electron chi connectivity index (χ3n) is 4.83. The first kappa shape index (κ1) is 22.2. The molecule has 0 aliphatic heterocycles. The number of anilines is 4. The molecule has 1 heterocycles. The van der Waals surface area contributed by atoms with Crippen molar-refractivity contribution in [3.63, 3.8) is 0 Å². The van der Waals surface area contributed by atoms with Gasteiger partial charge in [0.05, 0.1) is 17.3 Å². The molecule has 0 bridgehead atoms. The van der Waals surface area contributed by atoms with E-state index in [0.29, 0.717) is 11.4 Å². The summed E-state index contributed by atoms with van der Waals surface area (Å²) in [4.78, 5) is 23.2. The number of amides is 2. The molecule has 162 valence electrons. The summed E-state index contributed by atoms with van der Waals surface area (Å²) >= 11 is 0. The van der Waals surface area contributed by atoms with E-state index < -0.39 is 17.4 Å². The highest BCUT2D eigenvalue weighted by Gasteiger charge is 2.24. The van der Waals surface area contributed by atoms with Crippen LogP contribution >= 0.6 is 0 Å². The Morgan fingerprint density at radius 2 is 1.87 bits per heavy atom. The van der Waals surface area contributed by atoms with Gasteiger partial charge >= 0.3 is 6.03 Å². The van der Waals surface area contributed by atoms with E-state index in [2.05, 4.69) is 20.6 Å². The van der Waals surface area contributed by atoms with Crippen molar-refractivity contribution in [3.8, 4) is 0 Å². The van der Waals surface area contributed by atoms with Crippen LogP contribution in [-0.2, 0) is 0 Å². The Kier molecular flexibility index (Phi) is 6.50.